The number of hydrogen-bond acceptors (Lipinski definition) is 4. The molecule has 8 nitrogen and oxygen atoms in total. The molecule has 1 aromatic rings. The van der Waals surface area contributed by atoms with Gasteiger partial charge in [0.25, 0.3) is 5.91 Å². The van der Waals surface area contributed by atoms with Gasteiger partial charge in [-0.1, -0.05) is 6.92 Å². The van der Waals surface area contributed by atoms with Gasteiger partial charge in [-0.05, 0) is 30.7 Å². The molecule has 1 rings (SSSR count). The second kappa shape index (κ2) is 9.98. The molecule has 0 saturated carbocycles. The van der Waals surface area contributed by atoms with E-state index in [2.05, 4.69) is 16.0 Å². The van der Waals surface area contributed by atoms with Crippen molar-refractivity contribution < 1.29 is 24.3 Å². The zero-order valence-electron chi connectivity index (χ0n) is 13.4. The molecule has 3 amide bonds. The minimum atomic E-state index is -1.13. The number of carboxylic acid groups (broad SMARTS) is 1. The molecule has 0 heterocycles. The van der Waals surface area contributed by atoms with Crippen LogP contribution in [0, 0.1) is 0 Å². The number of benzene rings is 1. The first-order valence-corrected chi connectivity index (χ1v) is 7.59. The molecule has 0 fully saturated rings. The van der Waals surface area contributed by atoms with E-state index in [-0.39, 0.29) is 30.2 Å². The largest absolute Gasteiger partial charge is 0.480 e. The fourth-order valence-electron chi connectivity index (χ4n) is 1.77. The van der Waals surface area contributed by atoms with Gasteiger partial charge in [0.05, 0.1) is 0 Å². The summed E-state index contributed by atoms with van der Waals surface area (Å²) in [4.78, 5) is 45.2. The lowest BCUT2D eigenvalue weighted by Crippen LogP contribution is -2.29. The topological polar surface area (TPSA) is 125 Å². The predicted octanol–water partition coefficient (Wildman–Crippen LogP) is 0.746. The Labute approximate surface area is 139 Å². The number of aliphatic carboxylic acids is 1. The lowest BCUT2D eigenvalue weighted by Gasteiger charge is -2.07. The first-order chi connectivity index (χ1) is 11.4. The minimum absolute atomic E-state index is 0.0659. The number of hydrogen-bond donors (Lipinski definition) is 4. The number of anilines is 1. The van der Waals surface area contributed by atoms with Crippen LogP contribution in [0.2, 0.25) is 0 Å². The molecule has 0 aliphatic carbocycles. The number of rotatable bonds is 9. The molecule has 0 saturated heterocycles. The molecule has 0 aliphatic rings. The van der Waals surface area contributed by atoms with E-state index in [4.69, 9.17) is 5.11 Å². The molecule has 0 aliphatic heterocycles. The van der Waals surface area contributed by atoms with Crippen LogP contribution in [0.4, 0.5) is 5.69 Å². The van der Waals surface area contributed by atoms with Gasteiger partial charge in [0.15, 0.2) is 0 Å². The molecule has 8 heteroatoms. The molecule has 1 aromatic carbocycles. The average Bonchev–Trinajstić information content (AvgIpc) is 2.56. The Kier molecular flexibility index (Phi) is 7.97. The smallest absolute Gasteiger partial charge is 0.322 e. The summed E-state index contributed by atoms with van der Waals surface area (Å²) in [6.07, 6.45) is 1.02. The number of nitrogens with one attached hydrogen (secondary N) is 3. The molecule has 0 spiro atoms. The van der Waals surface area contributed by atoms with Gasteiger partial charge in [0.2, 0.25) is 11.8 Å². The Hall–Kier alpha value is -2.90. The van der Waals surface area contributed by atoms with Crippen molar-refractivity contribution in [2.24, 2.45) is 0 Å². The maximum absolute atomic E-state index is 11.8. The third-order valence-corrected chi connectivity index (χ3v) is 2.98. The van der Waals surface area contributed by atoms with Crippen molar-refractivity contribution in [3.8, 4) is 0 Å². The molecule has 0 aromatic heterocycles. The van der Waals surface area contributed by atoms with Crippen LogP contribution in [0.25, 0.3) is 0 Å². The van der Waals surface area contributed by atoms with Crippen molar-refractivity contribution in [2.75, 3.05) is 18.4 Å². The highest BCUT2D eigenvalue weighted by molar-refractivity contribution is 5.97. The van der Waals surface area contributed by atoms with Crippen molar-refractivity contribution in [3.05, 3.63) is 29.8 Å². The van der Waals surface area contributed by atoms with Gasteiger partial charge >= 0.3 is 5.97 Å². The fraction of sp³-hybridized carbons (Fsp3) is 0.375. The molecule has 0 atom stereocenters. The second-order valence-electron chi connectivity index (χ2n) is 5.05. The predicted molar refractivity (Wildman–Crippen MR) is 87.6 cm³/mol. The summed E-state index contributed by atoms with van der Waals surface area (Å²) in [5, 5.41) is 16.0. The van der Waals surface area contributed by atoms with E-state index in [9.17, 15) is 19.2 Å². The van der Waals surface area contributed by atoms with Crippen LogP contribution in [0.1, 0.15) is 36.5 Å². The van der Waals surface area contributed by atoms with E-state index in [0.717, 1.165) is 6.42 Å². The second-order valence-corrected chi connectivity index (χ2v) is 5.05. The molecule has 24 heavy (non-hydrogen) atoms. The molecule has 4 N–H and O–H groups in total. The van der Waals surface area contributed by atoms with Gasteiger partial charge < -0.3 is 21.1 Å². The summed E-state index contributed by atoms with van der Waals surface area (Å²) >= 11 is 0. The van der Waals surface area contributed by atoms with Crippen molar-refractivity contribution in [3.63, 3.8) is 0 Å². The van der Waals surface area contributed by atoms with Crippen molar-refractivity contribution in [1.82, 2.24) is 10.6 Å². The van der Waals surface area contributed by atoms with Crippen LogP contribution >= 0.6 is 0 Å². The Morgan fingerprint density at radius 2 is 1.58 bits per heavy atom. The third-order valence-electron chi connectivity index (χ3n) is 2.98. The summed E-state index contributed by atoms with van der Waals surface area (Å²) < 4.78 is 0. The summed E-state index contributed by atoms with van der Waals surface area (Å²) in [6, 6.07) is 6.01. The molecular weight excluding hydrogens is 314 g/mol. The summed E-state index contributed by atoms with van der Waals surface area (Å²) in [7, 11) is 0. The fourth-order valence-corrected chi connectivity index (χ4v) is 1.77. The highest BCUT2D eigenvalue weighted by Crippen LogP contribution is 2.10. The van der Waals surface area contributed by atoms with Gasteiger partial charge in [-0.15, -0.1) is 0 Å². The van der Waals surface area contributed by atoms with E-state index in [1.54, 1.807) is 0 Å². The van der Waals surface area contributed by atoms with Crippen LogP contribution in [0.3, 0.4) is 0 Å². The summed E-state index contributed by atoms with van der Waals surface area (Å²) in [5.41, 5.74) is 0.775. The molecule has 130 valence electrons. The Balaban J connectivity index is 2.43. The van der Waals surface area contributed by atoms with Crippen molar-refractivity contribution in [2.45, 2.75) is 26.2 Å². The first kappa shape index (κ1) is 19.1. The summed E-state index contributed by atoms with van der Waals surface area (Å²) in [5.74, 6) is -2.11. The van der Waals surface area contributed by atoms with Crippen LogP contribution in [0.5, 0.6) is 0 Å². The maximum atomic E-state index is 11.8. The highest BCUT2D eigenvalue weighted by Gasteiger charge is 2.09. The molecular formula is C16H21N3O5. The number of amides is 3. The quantitative estimate of drug-likeness (QED) is 0.530. The van der Waals surface area contributed by atoms with E-state index in [0.29, 0.717) is 12.2 Å². The third kappa shape index (κ3) is 7.39. The monoisotopic (exact) mass is 335 g/mol. The standard InChI is InChI=1S/C16H21N3O5/c1-2-9-17-13(20)7-8-14(21)19-12-5-3-11(4-6-12)16(24)18-10-15(22)23/h3-6H,2,7-10H2,1H3,(H,17,20)(H,18,24)(H,19,21)(H,22,23). The van der Waals surface area contributed by atoms with E-state index in [1.165, 1.54) is 24.3 Å². The zero-order chi connectivity index (χ0) is 17.9. The van der Waals surface area contributed by atoms with E-state index >= 15 is 0 Å². The van der Waals surface area contributed by atoms with Crippen LogP contribution in [-0.4, -0.2) is 41.9 Å². The zero-order valence-corrected chi connectivity index (χ0v) is 13.4. The molecule has 0 unspecified atom stereocenters. The van der Waals surface area contributed by atoms with Crippen LogP contribution < -0.4 is 16.0 Å². The van der Waals surface area contributed by atoms with Gasteiger partial charge in [-0.2, -0.15) is 0 Å². The number of carboxylic acids is 1. The van der Waals surface area contributed by atoms with Gasteiger partial charge in [-0.25, -0.2) is 0 Å². The Morgan fingerprint density at radius 3 is 2.17 bits per heavy atom. The minimum Gasteiger partial charge on any atom is -0.480 e. The first-order valence-electron chi connectivity index (χ1n) is 7.59. The maximum Gasteiger partial charge on any atom is 0.322 e. The average molecular weight is 335 g/mol. The lowest BCUT2D eigenvalue weighted by molar-refractivity contribution is -0.135. The molecule has 0 radical (unpaired) electrons. The van der Waals surface area contributed by atoms with Gasteiger partial charge in [-0.3, -0.25) is 19.2 Å². The Bertz CT molecular complexity index is 598. The SMILES string of the molecule is CCCNC(=O)CCC(=O)Nc1ccc(C(=O)NCC(=O)O)cc1. The Morgan fingerprint density at radius 1 is 0.958 bits per heavy atom. The van der Waals surface area contributed by atoms with Gasteiger partial charge in [0.1, 0.15) is 6.54 Å². The summed E-state index contributed by atoms with van der Waals surface area (Å²) in [6.45, 7) is 2.07. The number of carbonyl (C=O) groups excluding carboxylic acids is 3. The van der Waals surface area contributed by atoms with Crippen LogP contribution in [-0.2, 0) is 14.4 Å². The van der Waals surface area contributed by atoms with Crippen LogP contribution in [0.15, 0.2) is 24.3 Å². The van der Waals surface area contributed by atoms with Crippen molar-refractivity contribution >= 4 is 29.4 Å². The lowest BCUT2D eigenvalue weighted by atomic mass is 10.2. The molecule has 0 bridgehead atoms. The van der Waals surface area contributed by atoms with Crippen molar-refractivity contribution in [1.29, 1.82) is 0 Å². The van der Waals surface area contributed by atoms with Gasteiger partial charge in [0, 0.05) is 30.6 Å². The normalized spacial score (nSPS) is 9.88. The van der Waals surface area contributed by atoms with E-state index in [1.807, 2.05) is 6.92 Å². The number of carbonyl (C=O) groups is 4. The highest BCUT2D eigenvalue weighted by atomic mass is 16.4. The van der Waals surface area contributed by atoms with E-state index < -0.39 is 18.4 Å².